The number of rotatable bonds is 5. The predicted octanol–water partition coefficient (Wildman–Crippen LogP) is 5.08. The van der Waals surface area contributed by atoms with Crippen molar-refractivity contribution in [1.29, 1.82) is 0 Å². The Bertz CT molecular complexity index is 1840. The number of nitrogens with one attached hydrogen (secondary N) is 1. The molecule has 3 N–H and O–H groups in total. The van der Waals surface area contributed by atoms with E-state index in [4.69, 9.17) is 5.73 Å². The van der Waals surface area contributed by atoms with Gasteiger partial charge in [-0.2, -0.15) is 5.10 Å². The van der Waals surface area contributed by atoms with Crippen molar-refractivity contribution in [1.82, 2.24) is 24.5 Å². The predicted molar refractivity (Wildman–Crippen MR) is 166 cm³/mol. The van der Waals surface area contributed by atoms with Gasteiger partial charge in [-0.1, -0.05) is 42.3 Å². The number of fused-ring (bicyclic) bond motifs is 1. The molecule has 0 fully saturated rings. The second-order valence-corrected chi connectivity index (χ2v) is 9.77. The number of imidazole rings is 1. The molecule has 0 spiro atoms. The minimum absolute atomic E-state index is 0.0442. The van der Waals surface area contributed by atoms with E-state index in [1.165, 1.54) is 16.0 Å². The van der Waals surface area contributed by atoms with E-state index in [1.54, 1.807) is 36.2 Å². The molecular weight excluding hydrogens is 534 g/mol. The molecule has 41 heavy (non-hydrogen) atoms. The highest BCUT2D eigenvalue weighted by molar-refractivity contribution is 7.10. The fraction of sp³-hybridized carbons (Fsp3) is 0.129. The lowest BCUT2D eigenvalue weighted by atomic mass is 10.0. The first-order chi connectivity index (χ1) is 19.8. The molecule has 0 aliphatic heterocycles. The van der Waals surface area contributed by atoms with Gasteiger partial charge in [-0.05, 0) is 56.3 Å². The highest BCUT2D eigenvalue weighted by Gasteiger charge is 2.24. The third-order valence-electron chi connectivity index (χ3n) is 6.03. The molecule has 3 heterocycles. The molecule has 2 aromatic carbocycles. The Morgan fingerprint density at radius 3 is 2.59 bits per heavy atom. The standard InChI is InChI=1S/C28H23N7O2S.C3H6/c1-17(32-27(36)25-26(29)33-18(2)35(25)30-3)23-14-20-9-7-8-19(12-13-22-15-31-16-38-22)24(20)28(37)34(23)21-10-5-4-6-11-21;1-3-2/h4-11,14-17H,3,29H2,1-2H3,(H,32,36);3H,1H2,2H3. The summed E-state index contributed by atoms with van der Waals surface area (Å²) in [6.07, 6.45) is 3.44. The SMILES string of the molecule is C=CC.C=Nn1c(C)nc(N)c1C(=O)NC(C)c1cc2cccc(C#Cc3cncs3)c2c(=O)n1-c1ccccc1. The number of anilines is 1. The fourth-order valence-electron chi connectivity index (χ4n) is 4.32. The van der Waals surface area contributed by atoms with E-state index >= 15 is 0 Å². The number of carbonyl (C=O) groups excluding carboxylic acids is 1. The summed E-state index contributed by atoms with van der Waals surface area (Å²) in [5, 5.41) is 7.99. The summed E-state index contributed by atoms with van der Waals surface area (Å²) in [7, 11) is 0. The maximum atomic E-state index is 14.1. The van der Waals surface area contributed by atoms with Gasteiger partial charge in [-0.15, -0.1) is 17.9 Å². The van der Waals surface area contributed by atoms with Gasteiger partial charge in [-0.3, -0.25) is 19.1 Å². The normalized spacial score (nSPS) is 11.0. The molecule has 1 unspecified atom stereocenters. The van der Waals surface area contributed by atoms with Crippen LogP contribution in [0.1, 0.15) is 52.3 Å². The smallest absolute Gasteiger partial charge is 0.274 e. The number of nitrogens with zero attached hydrogens (tertiary/aromatic N) is 5. The Balaban J connectivity index is 0.00000124. The lowest BCUT2D eigenvalue weighted by Gasteiger charge is -2.21. The van der Waals surface area contributed by atoms with E-state index in [2.05, 4.69) is 45.5 Å². The van der Waals surface area contributed by atoms with Crippen LogP contribution in [0.4, 0.5) is 5.82 Å². The molecule has 9 nitrogen and oxygen atoms in total. The van der Waals surface area contributed by atoms with Gasteiger partial charge in [0, 0.05) is 23.7 Å². The van der Waals surface area contributed by atoms with Crippen LogP contribution < -0.4 is 16.6 Å². The molecule has 0 radical (unpaired) electrons. The largest absolute Gasteiger partial charge is 0.382 e. The van der Waals surface area contributed by atoms with Crippen molar-refractivity contribution >= 4 is 40.6 Å². The van der Waals surface area contributed by atoms with Crippen molar-refractivity contribution in [3.8, 4) is 17.5 Å². The first-order valence-corrected chi connectivity index (χ1v) is 13.5. The summed E-state index contributed by atoms with van der Waals surface area (Å²) in [6, 6.07) is 16.1. The molecule has 3 aromatic heterocycles. The quantitative estimate of drug-likeness (QED) is 0.176. The summed E-state index contributed by atoms with van der Waals surface area (Å²) in [5.74, 6) is 6.21. The Labute approximate surface area is 241 Å². The van der Waals surface area contributed by atoms with Gasteiger partial charge in [0.25, 0.3) is 11.5 Å². The lowest BCUT2D eigenvalue weighted by molar-refractivity contribution is 0.0931. The Morgan fingerprint density at radius 1 is 1.20 bits per heavy atom. The molecular formula is C31H29N7O2S. The molecule has 0 saturated carbocycles. The van der Waals surface area contributed by atoms with E-state index in [0.717, 1.165) is 4.88 Å². The number of para-hydroxylation sites is 1. The van der Waals surface area contributed by atoms with E-state index in [0.29, 0.717) is 33.5 Å². The summed E-state index contributed by atoms with van der Waals surface area (Å²) >= 11 is 1.43. The highest BCUT2D eigenvalue weighted by Crippen LogP contribution is 2.24. The second-order valence-electron chi connectivity index (χ2n) is 8.88. The van der Waals surface area contributed by atoms with Gasteiger partial charge in [0.1, 0.15) is 5.82 Å². The number of allylic oxidation sites excluding steroid dienone is 1. The van der Waals surface area contributed by atoms with Gasteiger partial charge >= 0.3 is 0 Å². The lowest BCUT2D eigenvalue weighted by Crippen LogP contribution is -2.33. The van der Waals surface area contributed by atoms with Crippen LogP contribution in [0, 0.1) is 18.8 Å². The minimum Gasteiger partial charge on any atom is -0.382 e. The Hall–Kier alpha value is -5.27. The van der Waals surface area contributed by atoms with Crippen LogP contribution in [-0.2, 0) is 0 Å². The van der Waals surface area contributed by atoms with Crippen molar-refractivity contribution in [2.75, 3.05) is 5.73 Å². The zero-order valence-corrected chi connectivity index (χ0v) is 23.8. The van der Waals surface area contributed by atoms with E-state index < -0.39 is 11.9 Å². The number of hydrogen-bond donors (Lipinski definition) is 2. The number of nitrogen functional groups attached to an aromatic ring is 1. The van der Waals surface area contributed by atoms with Gasteiger partial charge in [-0.25, -0.2) is 9.66 Å². The number of nitrogens with two attached hydrogens (primary N) is 1. The van der Waals surface area contributed by atoms with Crippen molar-refractivity contribution in [2.45, 2.75) is 26.8 Å². The van der Waals surface area contributed by atoms with Gasteiger partial charge in [0.15, 0.2) is 11.5 Å². The van der Waals surface area contributed by atoms with Crippen molar-refractivity contribution in [3.05, 3.63) is 117 Å². The number of benzene rings is 2. The first-order valence-electron chi connectivity index (χ1n) is 12.6. The number of aromatic nitrogens is 4. The van der Waals surface area contributed by atoms with Crippen molar-refractivity contribution < 1.29 is 4.79 Å². The number of carbonyl (C=O) groups is 1. The molecule has 0 saturated heterocycles. The Morgan fingerprint density at radius 2 is 1.93 bits per heavy atom. The summed E-state index contributed by atoms with van der Waals surface area (Å²) in [4.78, 5) is 36.3. The zero-order valence-electron chi connectivity index (χ0n) is 23.0. The van der Waals surface area contributed by atoms with Crippen LogP contribution in [0.15, 0.2) is 88.9 Å². The number of amides is 1. The molecule has 5 aromatic rings. The minimum atomic E-state index is -0.584. The third kappa shape index (κ3) is 6.00. The van der Waals surface area contributed by atoms with Crippen LogP contribution in [0.3, 0.4) is 0 Å². The zero-order chi connectivity index (χ0) is 29.5. The van der Waals surface area contributed by atoms with E-state index in [1.807, 2.05) is 61.5 Å². The molecule has 5 rings (SSSR count). The molecule has 1 atom stereocenters. The summed E-state index contributed by atoms with van der Waals surface area (Å²) in [5.41, 5.74) is 9.39. The molecule has 1 amide bonds. The van der Waals surface area contributed by atoms with Gasteiger partial charge < -0.3 is 11.1 Å². The van der Waals surface area contributed by atoms with Crippen LogP contribution in [0.2, 0.25) is 0 Å². The molecule has 0 bridgehead atoms. The van der Waals surface area contributed by atoms with Gasteiger partial charge in [0.05, 0.1) is 28.0 Å². The average molecular weight is 564 g/mol. The van der Waals surface area contributed by atoms with Crippen LogP contribution in [0.25, 0.3) is 16.5 Å². The summed E-state index contributed by atoms with van der Waals surface area (Å²) in [6.45, 7) is 12.2. The fourth-order valence-corrected chi connectivity index (χ4v) is 4.79. The maximum Gasteiger partial charge on any atom is 0.274 e. The average Bonchev–Trinajstić information content (AvgIpc) is 3.59. The van der Waals surface area contributed by atoms with Crippen LogP contribution in [-0.4, -0.2) is 31.8 Å². The molecule has 0 aliphatic rings. The molecule has 0 aliphatic carbocycles. The first kappa shape index (κ1) is 28.7. The Kier molecular flexibility index (Phi) is 8.92. The molecule has 206 valence electrons. The van der Waals surface area contributed by atoms with Gasteiger partial charge in [0.2, 0.25) is 0 Å². The van der Waals surface area contributed by atoms with Crippen LogP contribution in [0.5, 0.6) is 0 Å². The number of thiazole rings is 1. The molecule has 10 heteroatoms. The van der Waals surface area contributed by atoms with E-state index in [9.17, 15) is 9.59 Å². The highest BCUT2D eigenvalue weighted by atomic mass is 32.1. The van der Waals surface area contributed by atoms with Crippen molar-refractivity contribution in [2.24, 2.45) is 5.10 Å². The number of aryl methyl sites for hydroxylation is 1. The number of pyridine rings is 1. The van der Waals surface area contributed by atoms with Crippen LogP contribution >= 0.6 is 11.3 Å². The van der Waals surface area contributed by atoms with E-state index in [-0.39, 0.29) is 17.1 Å². The maximum absolute atomic E-state index is 14.1. The third-order valence-corrected chi connectivity index (χ3v) is 6.72. The van der Waals surface area contributed by atoms with Crippen molar-refractivity contribution in [3.63, 3.8) is 0 Å². The second kappa shape index (κ2) is 12.7. The topological polar surface area (TPSA) is 120 Å². The summed E-state index contributed by atoms with van der Waals surface area (Å²) < 4.78 is 2.89. The monoisotopic (exact) mass is 563 g/mol. The number of hydrogen-bond acceptors (Lipinski definition) is 7.